The van der Waals surface area contributed by atoms with Crippen molar-refractivity contribution in [3.63, 3.8) is 0 Å². The van der Waals surface area contributed by atoms with Gasteiger partial charge in [0.1, 0.15) is 6.54 Å². The Labute approximate surface area is 146 Å². The summed E-state index contributed by atoms with van der Waals surface area (Å²) < 4.78 is 6.60. The summed E-state index contributed by atoms with van der Waals surface area (Å²) in [6, 6.07) is 13.3. The van der Waals surface area contributed by atoms with E-state index in [9.17, 15) is 9.59 Å². The molecule has 1 amide bonds. The van der Waals surface area contributed by atoms with Crippen LogP contribution in [0.25, 0.3) is 10.9 Å². The molecule has 5 nitrogen and oxygen atoms in total. The summed E-state index contributed by atoms with van der Waals surface area (Å²) >= 11 is 0. The summed E-state index contributed by atoms with van der Waals surface area (Å²) in [4.78, 5) is 24.4. The molecule has 1 N–H and O–H groups in total. The van der Waals surface area contributed by atoms with Crippen molar-refractivity contribution in [3.8, 4) is 0 Å². The molecule has 0 aliphatic carbocycles. The number of para-hydroxylation sites is 1. The number of nitrogens with one attached hydrogen (secondary N) is 1. The molecule has 0 saturated carbocycles. The molecular weight excluding hydrogens is 316 g/mol. The monoisotopic (exact) mass is 336 g/mol. The topological polar surface area (TPSA) is 60.3 Å². The lowest BCUT2D eigenvalue weighted by Crippen LogP contribution is -2.18. The van der Waals surface area contributed by atoms with Gasteiger partial charge in [0.2, 0.25) is 5.91 Å². The number of fused-ring (bicyclic) bond motifs is 1. The maximum atomic E-state index is 12.5. The second-order valence-corrected chi connectivity index (χ2v) is 6.05. The molecule has 0 unspecified atom stereocenters. The van der Waals surface area contributed by atoms with Crippen LogP contribution in [0.4, 0.5) is 5.69 Å². The van der Waals surface area contributed by atoms with Gasteiger partial charge in [0, 0.05) is 22.8 Å². The van der Waals surface area contributed by atoms with Crippen molar-refractivity contribution in [1.82, 2.24) is 4.57 Å². The molecule has 3 rings (SSSR count). The molecule has 0 aliphatic rings. The maximum absolute atomic E-state index is 12.5. The Hall–Kier alpha value is -3.08. The quantitative estimate of drug-likeness (QED) is 0.739. The van der Waals surface area contributed by atoms with Crippen LogP contribution in [-0.2, 0) is 16.1 Å². The van der Waals surface area contributed by atoms with E-state index >= 15 is 0 Å². The van der Waals surface area contributed by atoms with Crippen LogP contribution in [0.15, 0.2) is 48.7 Å². The predicted molar refractivity (Wildman–Crippen MR) is 97.8 cm³/mol. The zero-order valence-corrected chi connectivity index (χ0v) is 14.5. The fourth-order valence-electron chi connectivity index (χ4n) is 2.95. The van der Waals surface area contributed by atoms with Crippen molar-refractivity contribution < 1.29 is 14.3 Å². The summed E-state index contributed by atoms with van der Waals surface area (Å²) in [6.45, 7) is 4.09. The Morgan fingerprint density at radius 1 is 1.12 bits per heavy atom. The third-order valence-corrected chi connectivity index (χ3v) is 4.16. The fraction of sp³-hybridized carbons (Fsp3) is 0.200. The van der Waals surface area contributed by atoms with E-state index in [1.54, 1.807) is 10.8 Å². The number of ether oxygens (including phenoxy) is 1. The van der Waals surface area contributed by atoms with Crippen LogP contribution in [0.5, 0.6) is 0 Å². The number of nitrogens with zero attached hydrogens (tertiary/aromatic N) is 1. The first kappa shape index (κ1) is 16.8. The minimum atomic E-state index is -0.412. The lowest BCUT2D eigenvalue weighted by Gasteiger charge is -2.10. The molecule has 0 radical (unpaired) electrons. The number of hydrogen-bond donors (Lipinski definition) is 1. The van der Waals surface area contributed by atoms with E-state index in [1.807, 2.05) is 56.3 Å². The van der Waals surface area contributed by atoms with E-state index in [-0.39, 0.29) is 12.5 Å². The molecule has 0 saturated heterocycles. The van der Waals surface area contributed by atoms with Crippen molar-refractivity contribution in [2.75, 3.05) is 12.4 Å². The molecule has 0 aliphatic heterocycles. The van der Waals surface area contributed by atoms with Crippen LogP contribution in [0.2, 0.25) is 0 Å². The zero-order valence-electron chi connectivity index (χ0n) is 14.5. The number of rotatable bonds is 4. The molecule has 0 atom stereocenters. The lowest BCUT2D eigenvalue weighted by atomic mass is 10.1. The van der Waals surface area contributed by atoms with E-state index in [4.69, 9.17) is 4.74 Å². The average molecular weight is 336 g/mol. The van der Waals surface area contributed by atoms with Crippen LogP contribution in [0.1, 0.15) is 21.5 Å². The molecule has 0 fully saturated rings. The van der Waals surface area contributed by atoms with Gasteiger partial charge < -0.3 is 14.6 Å². The van der Waals surface area contributed by atoms with Gasteiger partial charge in [-0.1, -0.05) is 35.9 Å². The number of aryl methyl sites for hydroxylation is 2. The third-order valence-electron chi connectivity index (χ3n) is 4.16. The highest BCUT2D eigenvalue weighted by molar-refractivity contribution is 6.05. The summed E-state index contributed by atoms with van der Waals surface area (Å²) in [5.41, 5.74) is 4.23. The summed E-state index contributed by atoms with van der Waals surface area (Å²) in [7, 11) is 1.35. The van der Waals surface area contributed by atoms with Gasteiger partial charge in [0.05, 0.1) is 12.7 Å². The molecule has 3 aromatic rings. The second-order valence-electron chi connectivity index (χ2n) is 6.05. The van der Waals surface area contributed by atoms with Gasteiger partial charge in [0.25, 0.3) is 0 Å². The summed E-state index contributed by atoms with van der Waals surface area (Å²) in [6.07, 6.45) is 1.66. The molecule has 25 heavy (non-hydrogen) atoms. The van der Waals surface area contributed by atoms with Crippen molar-refractivity contribution in [1.29, 1.82) is 0 Å². The van der Waals surface area contributed by atoms with Crippen LogP contribution in [0.3, 0.4) is 0 Å². The Morgan fingerprint density at radius 3 is 2.60 bits per heavy atom. The highest BCUT2D eigenvalue weighted by Crippen LogP contribution is 2.22. The zero-order chi connectivity index (χ0) is 18.0. The number of benzene rings is 2. The number of carbonyl (C=O) groups excluding carboxylic acids is 2. The van der Waals surface area contributed by atoms with Crippen molar-refractivity contribution >= 4 is 28.5 Å². The minimum absolute atomic E-state index is 0.116. The second kappa shape index (κ2) is 6.81. The number of anilines is 1. The first-order chi connectivity index (χ1) is 12.0. The lowest BCUT2D eigenvalue weighted by molar-refractivity contribution is -0.116. The average Bonchev–Trinajstić information content (AvgIpc) is 2.95. The SMILES string of the molecule is COC(=O)c1cn(CC(=O)Nc2ccc(C)cc2C)c2ccccc12. The Morgan fingerprint density at radius 2 is 1.88 bits per heavy atom. The molecule has 0 bridgehead atoms. The van der Waals surface area contributed by atoms with Crippen molar-refractivity contribution in [2.24, 2.45) is 0 Å². The van der Waals surface area contributed by atoms with Crippen LogP contribution in [-0.4, -0.2) is 23.6 Å². The van der Waals surface area contributed by atoms with E-state index in [2.05, 4.69) is 5.32 Å². The molecule has 1 heterocycles. The van der Waals surface area contributed by atoms with Gasteiger partial charge in [-0.3, -0.25) is 4.79 Å². The minimum Gasteiger partial charge on any atom is -0.465 e. The number of amides is 1. The number of aromatic nitrogens is 1. The first-order valence-corrected chi connectivity index (χ1v) is 8.03. The maximum Gasteiger partial charge on any atom is 0.340 e. The molecule has 128 valence electrons. The number of methoxy groups -OCH3 is 1. The molecule has 2 aromatic carbocycles. The predicted octanol–water partition coefficient (Wildman–Crippen LogP) is 3.68. The number of hydrogen-bond acceptors (Lipinski definition) is 3. The largest absolute Gasteiger partial charge is 0.465 e. The number of carbonyl (C=O) groups is 2. The van der Waals surface area contributed by atoms with E-state index < -0.39 is 5.97 Å². The smallest absolute Gasteiger partial charge is 0.340 e. The van der Waals surface area contributed by atoms with Gasteiger partial charge in [-0.05, 0) is 31.5 Å². The van der Waals surface area contributed by atoms with Gasteiger partial charge >= 0.3 is 5.97 Å². The van der Waals surface area contributed by atoms with Crippen LogP contribution < -0.4 is 5.32 Å². The van der Waals surface area contributed by atoms with E-state index in [1.165, 1.54) is 7.11 Å². The Bertz CT molecular complexity index is 957. The summed E-state index contributed by atoms with van der Waals surface area (Å²) in [5.74, 6) is -0.561. The van der Waals surface area contributed by atoms with Gasteiger partial charge in [-0.25, -0.2) is 4.79 Å². The van der Waals surface area contributed by atoms with Crippen LogP contribution in [0, 0.1) is 13.8 Å². The molecular formula is C20H20N2O3. The highest BCUT2D eigenvalue weighted by atomic mass is 16.5. The van der Waals surface area contributed by atoms with Crippen molar-refractivity contribution in [3.05, 3.63) is 65.4 Å². The standard InChI is InChI=1S/C20H20N2O3/c1-13-8-9-17(14(2)10-13)21-19(23)12-22-11-16(20(24)25-3)15-6-4-5-7-18(15)22/h4-11H,12H2,1-3H3,(H,21,23). The third kappa shape index (κ3) is 3.40. The highest BCUT2D eigenvalue weighted by Gasteiger charge is 2.16. The molecule has 5 heteroatoms. The number of esters is 1. The van der Waals surface area contributed by atoms with Gasteiger partial charge in [-0.15, -0.1) is 0 Å². The summed E-state index contributed by atoms with van der Waals surface area (Å²) in [5, 5.41) is 3.70. The molecule has 1 aromatic heterocycles. The Balaban J connectivity index is 1.87. The van der Waals surface area contributed by atoms with Gasteiger partial charge in [0.15, 0.2) is 0 Å². The fourth-order valence-corrected chi connectivity index (χ4v) is 2.95. The Kier molecular flexibility index (Phi) is 4.57. The van der Waals surface area contributed by atoms with E-state index in [0.29, 0.717) is 5.56 Å². The van der Waals surface area contributed by atoms with E-state index in [0.717, 1.165) is 27.7 Å². The van der Waals surface area contributed by atoms with Crippen LogP contribution >= 0.6 is 0 Å². The first-order valence-electron chi connectivity index (χ1n) is 8.03. The van der Waals surface area contributed by atoms with Gasteiger partial charge in [-0.2, -0.15) is 0 Å². The normalized spacial score (nSPS) is 10.7. The van der Waals surface area contributed by atoms with Crippen molar-refractivity contribution in [2.45, 2.75) is 20.4 Å². The molecule has 0 spiro atoms.